The third-order valence-electron chi connectivity index (χ3n) is 18.6. The van der Waals surface area contributed by atoms with E-state index in [2.05, 4.69) is 113 Å². The van der Waals surface area contributed by atoms with E-state index < -0.39 is 0 Å². The molecule has 0 radical (unpaired) electrons. The fourth-order valence-corrected chi connectivity index (χ4v) is 12.5. The molecule has 0 aromatic heterocycles. The van der Waals surface area contributed by atoms with Crippen LogP contribution in [-0.2, 0) is 64.3 Å². The van der Waals surface area contributed by atoms with Gasteiger partial charge in [0.15, 0.2) is 0 Å². The fraction of sp³-hybridized carbons (Fsp3) is 0.786. The molecule has 0 saturated carbocycles. The summed E-state index contributed by atoms with van der Waals surface area (Å²) in [6, 6.07) is 17.4. The van der Waals surface area contributed by atoms with Gasteiger partial charge in [-0.1, -0.05) is 292 Å². The van der Waals surface area contributed by atoms with Crippen molar-refractivity contribution < 1.29 is 37.9 Å². The molecule has 0 fully saturated rings. The summed E-state index contributed by atoms with van der Waals surface area (Å²) in [6.45, 7) is 16.9. The molecule has 8 nitrogen and oxygen atoms in total. The summed E-state index contributed by atoms with van der Waals surface area (Å²) in [5, 5.41) is 0. The highest BCUT2D eigenvalue weighted by molar-refractivity contribution is 5.22. The van der Waals surface area contributed by atoms with Gasteiger partial charge in [0.05, 0.1) is 104 Å². The Balaban J connectivity index is 0.000000461. The predicted octanol–water partition coefficient (Wildman–Crippen LogP) is 24.7. The van der Waals surface area contributed by atoms with Crippen LogP contribution in [0, 0.1) is 0 Å². The van der Waals surface area contributed by atoms with Crippen molar-refractivity contribution in [3.05, 3.63) is 107 Å². The molecule has 8 heteroatoms. The van der Waals surface area contributed by atoms with Gasteiger partial charge in [-0.2, -0.15) is 0 Å². The van der Waals surface area contributed by atoms with Gasteiger partial charge in [-0.25, -0.2) is 0 Å². The number of rotatable bonds is 54. The summed E-state index contributed by atoms with van der Waals surface area (Å²) in [4.78, 5) is 0. The molecule has 0 N–H and O–H groups in total. The van der Waals surface area contributed by atoms with Crippen molar-refractivity contribution >= 4 is 0 Å². The Labute approximate surface area is 569 Å². The second-order valence-corrected chi connectivity index (χ2v) is 27.2. The Morgan fingerprint density at radius 3 is 1.07 bits per heavy atom. The smallest absolute Gasteiger partial charge is 0.0720 e. The monoisotopic (exact) mass is 1280 g/mol. The number of unbranched alkanes of at least 4 members (excludes halogenated alkanes) is 22. The summed E-state index contributed by atoms with van der Waals surface area (Å²) in [5.41, 5.74) is 4.88. The van der Waals surface area contributed by atoms with Crippen molar-refractivity contribution in [1.29, 1.82) is 0 Å². The highest BCUT2D eigenvalue weighted by atomic mass is 16.6. The molecular weight excluding hydrogens is 1140 g/mol. The van der Waals surface area contributed by atoms with Crippen LogP contribution >= 0.6 is 0 Å². The molecule has 92 heavy (non-hydrogen) atoms. The summed E-state index contributed by atoms with van der Waals surface area (Å²) in [5.74, 6) is 0. The van der Waals surface area contributed by atoms with Crippen molar-refractivity contribution in [2.75, 3.05) is 52.9 Å². The zero-order valence-electron chi connectivity index (χ0n) is 60.7. The summed E-state index contributed by atoms with van der Waals surface area (Å²) in [7, 11) is 0. The van der Waals surface area contributed by atoms with E-state index >= 15 is 0 Å². The summed E-state index contributed by atoms with van der Waals surface area (Å²) in [6.07, 6.45) is 75.8. The van der Waals surface area contributed by atoms with E-state index in [0.29, 0.717) is 104 Å². The lowest BCUT2D eigenvalue weighted by atomic mass is 10.0. The van der Waals surface area contributed by atoms with E-state index in [1.54, 1.807) is 0 Å². The van der Waals surface area contributed by atoms with Crippen LogP contribution in [0.5, 0.6) is 0 Å². The number of hydrogen-bond acceptors (Lipinski definition) is 8. The first-order valence-corrected chi connectivity index (χ1v) is 39.5. The minimum Gasteiger partial charge on any atom is -0.377 e. The second kappa shape index (κ2) is 65.6. The highest BCUT2D eigenvalue weighted by Crippen LogP contribution is 2.22. The molecular formula is C84H146O8. The third-order valence-corrected chi connectivity index (χ3v) is 18.6. The van der Waals surface area contributed by atoms with Crippen LogP contribution in [0.25, 0.3) is 0 Å². The molecule has 3 aliphatic carbocycles. The van der Waals surface area contributed by atoms with Crippen LogP contribution in [0.15, 0.2) is 85.0 Å². The van der Waals surface area contributed by atoms with Gasteiger partial charge in [-0.05, 0) is 138 Å². The zero-order chi connectivity index (χ0) is 65.2. The van der Waals surface area contributed by atoms with Gasteiger partial charge in [-0.3, -0.25) is 0 Å². The molecule has 0 spiro atoms. The molecule has 0 heterocycles. The summed E-state index contributed by atoms with van der Waals surface area (Å²) >= 11 is 0. The van der Waals surface area contributed by atoms with Crippen LogP contribution in [0.1, 0.15) is 345 Å². The molecule has 0 amide bonds. The normalized spacial score (nSPS) is 17.6. The maximum atomic E-state index is 6.44. The van der Waals surface area contributed by atoms with Gasteiger partial charge in [0.25, 0.3) is 0 Å². The number of ether oxygens (including phenoxy) is 8. The second-order valence-electron chi connectivity index (χ2n) is 27.2. The van der Waals surface area contributed by atoms with Gasteiger partial charge in [0.2, 0.25) is 0 Å². The van der Waals surface area contributed by atoms with Gasteiger partial charge in [0, 0.05) is 0 Å². The van der Waals surface area contributed by atoms with Crippen LogP contribution in [0.4, 0.5) is 0 Å². The van der Waals surface area contributed by atoms with Crippen molar-refractivity contribution in [3.8, 4) is 0 Å². The molecule has 2 aromatic rings. The van der Waals surface area contributed by atoms with Gasteiger partial charge in [-0.15, -0.1) is 0 Å². The fourth-order valence-electron chi connectivity index (χ4n) is 12.5. The van der Waals surface area contributed by atoms with Crippen molar-refractivity contribution in [2.45, 2.75) is 374 Å². The molecule has 5 rings (SSSR count). The number of benzene rings is 2. The van der Waals surface area contributed by atoms with Gasteiger partial charge >= 0.3 is 0 Å². The topological polar surface area (TPSA) is 73.8 Å². The number of hydrogen-bond donors (Lipinski definition) is 0. The molecule has 530 valence electrons. The minimum atomic E-state index is 0.391. The maximum absolute atomic E-state index is 6.44. The zero-order valence-corrected chi connectivity index (χ0v) is 60.7. The average Bonchev–Trinajstić information content (AvgIpc) is 3.26. The van der Waals surface area contributed by atoms with E-state index in [-0.39, 0.29) is 0 Å². The van der Waals surface area contributed by atoms with Crippen molar-refractivity contribution in [1.82, 2.24) is 0 Å². The number of allylic oxidation sites excluding steroid dienone is 6. The van der Waals surface area contributed by atoms with Crippen LogP contribution in [0.2, 0.25) is 0 Å². The molecule has 4 unspecified atom stereocenters. The Hall–Kier alpha value is -2.66. The van der Waals surface area contributed by atoms with E-state index in [1.165, 1.54) is 286 Å². The first-order valence-electron chi connectivity index (χ1n) is 39.5. The van der Waals surface area contributed by atoms with Crippen molar-refractivity contribution in [3.63, 3.8) is 0 Å². The van der Waals surface area contributed by atoms with Crippen molar-refractivity contribution in [2.24, 2.45) is 0 Å². The molecule has 3 aliphatic rings. The van der Waals surface area contributed by atoms with E-state index in [1.807, 2.05) is 0 Å². The SMILES string of the molecule is C1=CCCCCCC1.C1=C\CCC(OCCOCCOCc2ccc(COC3CC/C=C\CCC3)cc2)CCC/1.CCCCCCCCCCCCCC(CCCC)OCc1ccc(COCCOCCOC(CCCCC)CCCCCCCCCCCC)cc1. The van der Waals surface area contributed by atoms with Gasteiger partial charge < -0.3 is 37.9 Å². The Kier molecular flexibility index (Phi) is 59.6. The molecule has 4 atom stereocenters. The lowest BCUT2D eigenvalue weighted by molar-refractivity contribution is -0.0191. The predicted molar refractivity (Wildman–Crippen MR) is 393 cm³/mol. The first-order chi connectivity index (χ1) is 45.6. The Bertz CT molecular complexity index is 1890. The average molecular weight is 1280 g/mol. The quantitative estimate of drug-likeness (QED) is 0.0479. The third kappa shape index (κ3) is 52.5. The first kappa shape index (κ1) is 83.6. The molecule has 0 saturated heterocycles. The largest absolute Gasteiger partial charge is 0.377 e. The standard InChI is InChI=1S/C48H90O4.C28H42O4.C8H14/c1-5-9-13-15-17-19-21-23-25-27-30-34-48(31-12-8-4)52-44-46-37-35-45(36-38-46)43-50-40-39-49-41-42-51-47(32-28-11-7-3)33-29-26-24-22-20-18-16-14-10-6-2;1-3-7-11-27(12-8-4-1)31-22-21-29-19-20-30-23-25-15-17-26(18-16-25)24-32-28-13-9-5-2-6-10-14-28;1-2-4-6-8-7-5-3-1/h35-38,47-48H,5-34,39-44H2,1-4H3;1-3,5,15-18,27-28H,4,6-14,19-24H2;1-2H,3-8H2/b;3-1-,5-2-;. The molecule has 2 aromatic carbocycles. The van der Waals surface area contributed by atoms with Crippen LogP contribution in [0.3, 0.4) is 0 Å². The van der Waals surface area contributed by atoms with Gasteiger partial charge in [0.1, 0.15) is 0 Å². The highest BCUT2D eigenvalue weighted by Gasteiger charge is 2.14. The Morgan fingerprint density at radius 2 is 0.598 bits per heavy atom. The lowest BCUT2D eigenvalue weighted by Gasteiger charge is -2.18. The van der Waals surface area contributed by atoms with Crippen LogP contribution in [-0.4, -0.2) is 77.3 Å². The van der Waals surface area contributed by atoms with E-state index in [4.69, 9.17) is 37.9 Å². The Morgan fingerprint density at radius 1 is 0.272 bits per heavy atom. The van der Waals surface area contributed by atoms with E-state index in [9.17, 15) is 0 Å². The lowest BCUT2D eigenvalue weighted by Crippen LogP contribution is -2.17. The van der Waals surface area contributed by atoms with Crippen LogP contribution < -0.4 is 0 Å². The molecule has 0 aliphatic heterocycles. The summed E-state index contributed by atoms with van der Waals surface area (Å²) < 4.78 is 48.0. The maximum Gasteiger partial charge on any atom is 0.0720 e. The minimum absolute atomic E-state index is 0.391. The van der Waals surface area contributed by atoms with E-state index in [0.717, 1.165) is 32.1 Å². The molecule has 0 bridgehead atoms.